The highest BCUT2D eigenvalue weighted by atomic mass is 32.3. The van der Waals surface area contributed by atoms with Gasteiger partial charge in [-0.1, -0.05) is 19.8 Å². The fourth-order valence-electron chi connectivity index (χ4n) is 1.64. The van der Waals surface area contributed by atoms with Crippen LogP contribution in [0.25, 0.3) is 0 Å². The van der Waals surface area contributed by atoms with Crippen LogP contribution in [0.2, 0.25) is 0 Å². The van der Waals surface area contributed by atoms with Crippen LogP contribution in [0, 0.1) is 0 Å². The van der Waals surface area contributed by atoms with E-state index in [4.69, 9.17) is 5.73 Å². The Morgan fingerprint density at radius 2 is 1.75 bits per heavy atom. The van der Waals surface area contributed by atoms with Gasteiger partial charge in [0.1, 0.15) is 0 Å². The van der Waals surface area contributed by atoms with Gasteiger partial charge < -0.3 is 5.73 Å². The number of hydrogen-bond acceptors (Lipinski definition) is 1. The molecule has 0 heterocycles. The standard InChI is InChI=1S/C10H25NS/c1-6-7-8-10(2,11)9-12(3,4)5/h6-9,11H2,1-5H3. The molecule has 12 heavy (non-hydrogen) atoms. The molecule has 0 aromatic heterocycles. The third-order valence-corrected chi connectivity index (χ3v) is 3.39. The molecule has 0 aliphatic heterocycles. The maximum absolute atomic E-state index is 6.21. The van der Waals surface area contributed by atoms with Gasteiger partial charge in [0.25, 0.3) is 0 Å². The van der Waals surface area contributed by atoms with E-state index in [2.05, 4.69) is 32.6 Å². The van der Waals surface area contributed by atoms with Crippen LogP contribution in [0.4, 0.5) is 0 Å². The lowest BCUT2D eigenvalue weighted by atomic mass is 9.99. The van der Waals surface area contributed by atoms with Gasteiger partial charge in [-0.05, 0) is 37.9 Å². The molecule has 0 saturated carbocycles. The van der Waals surface area contributed by atoms with Gasteiger partial charge in [0.15, 0.2) is 0 Å². The summed E-state index contributed by atoms with van der Waals surface area (Å²) in [6.07, 6.45) is 10.7. The van der Waals surface area contributed by atoms with E-state index >= 15 is 0 Å². The number of rotatable bonds is 5. The highest BCUT2D eigenvalue weighted by Gasteiger charge is 2.22. The average Bonchev–Trinajstić information content (AvgIpc) is 1.78. The molecule has 1 atom stereocenters. The molecule has 1 nitrogen and oxygen atoms in total. The summed E-state index contributed by atoms with van der Waals surface area (Å²) in [5, 5.41) is 0. The molecule has 0 aliphatic rings. The molecule has 0 aromatic rings. The van der Waals surface area contributed by atoms with Crippen molar-refractivity contribution in [2.75, 3.05) is 24.5 Å². The summed E-state index contributed by atoms with van der Waals surface area (Å²) in [6.45, 7) is 4.42. The van der Waals surface area contributed by atoms with Gasteiger partial charge >= 0.3 is 0 Å². The highest BCUT2D eigenvalue weighted by molar-refractivity contribution is 8.32. The zero-order chi connectivity index (χ0) is 9.83. The second-order valence-electron chi connectivity index (χ2n) is 4.99. The molecule has 0 spiro atoms. The molecular formula is C10H25NS. The first kappa shape index (κ1) is 12.3. The Morgan fingerprint density at radius 1 is 1.25 bits per heavy atom. The van der Waals surface area contributed by atoms with Gasteiger partial charge in [-0.25, -0.2) is 10.0 Å². The number of hydrogen-bond donors (Lipinski definition) is 1. The van der Waals surface area contributed by atoms with Crippen molar-refractivity contribution in [3.8, 4) is 0 Å². The van der Waals surface area contributed by atoms with Crippen molar-refractivity contribution in [1.29, 1.82) is 0 Å². The molecular weight excluding hydrogens is 166 g/mol. The molecule has 0 amide bonds. The minimum atomic E-state index is -0.437. The first-order chi connectivity index (χ1) is 5.27. The van der Waals surface area contributed by atoms with Crippen LogP contribution in [0.5, 0.6) is 0 Å². The summed E-state index contributed by atoms with van der Waals surface area (Å²) >= 11 is 0. The topological polar surface area (TPSA) is 26.0 Å². The zero-order valence-corrected chi connectivity index (χ0v) is 10.1. The van der Waals surface area contributed by atoms with Crippen molar-refractivity contribution in [3.63, 3.8) is 0 Å². The molecule has 0 aromatic carbocycles. The Morgan fingerprint density at radius 3 is 2.08 bits per heavy atom. The van der Waals surface area contributed by atoms with E-state index in [1.54, 1.807) is 0 Å². The second-order valence-corrected chi connectivity index (χ2v) is 9.46. The van der Waals surface area contributed by atoms with Gasteiger partial charge in [-0.15, -0.1) is 0 Å². The molecule has 2 heteroatoms. The lowest BCUT2D eigenvalue weighted by Gasteiger charge is -2.36. The molecule has 0 radical (unpaired) electrons. The Labute approximate surface area is 79.4 Å². The maximum Gasteiger partial charge on any atom is 0.0202 e. The third-order valence-electron chi connectivity index (χ3n) is 1.86. The normalized spacial score (nSPS) is 18.8. The zero-order valence-electron chi connectivity index (χ0n) is 9.31. The van der Waals surface area contributed by atoms with Crippen LogP contribution >= 0.6 is 10.0 Å². The monoisotopic (exact) mass is 191 g/mol. The van der Waals surface area contributed by atoms with E-state index in [-0.39, 0.29) is 5.54 Å². The smallest absolute Gasteiger partial charge is 0.0202 e. The minimum Gasteiger partial charge on any atom is -0.325 e. The van der Waals surface area contributed by atoms with Gasteiger partial charge in [0.2, 0.25) is 0 Å². The summed E-state index contributed by atoms with van der Waals surface area (Å²) in [4.78, 5) is 0. The molecule has 0 fully saturated rings. The quantitative estimate of drug-likeness (QED) is 0.710. The largest absolute Gasteiger partial charge is 0.325 e. The van der Waals surface area contributed by atoms with Gasteiger partial charge in [-0.3, -0.25) is 0 Å². The van der Waals surface area contributed by atoms with E-state index in [1.807, 2.05) is 0 Å². The van der Waals surface area contributed by atoms with Crippen molar-refractivity contribution in [3.05, 3.63) is 0 Å². The predicted octanol–water partition coefficient (Wildman–Crippen LogP) is 2.59. The van der Waals surface area contributed by atoms with Gasteiger partial charge in [0.05, 0.1) is 0 Å². The third kappa shape index (κ3) is 6.99. The van der Waals surface area contributed by atoms with E-state index in [0.717, 1.165) is 0 Å². The van der Waals surface area contributed by atoms with E-state index in [0.29, 0.717) is 0 Å². The summed E-state index contributed by atoms with van der Waals surface area (Å²) in [5.74, 6) is 1.19. The highest BCUT2D eigenvalue weighted by Crippen LogP contribution is 2.38. The Kier molecular flexibility index (Phi) is 4.64. The molecule has 1 unspecified atom stereocenters. The minimum absolute atomic E-state index is 0.0730. The second kappa shape index (κ2) is 4.52. The summed E-state index contributed by atoms with van der Waals surface area (Å²) in [7, 11) is -0.437. The maximum atomic E-state index is 6.21. The molecule has 76 valence electrons. The SMILES string of the molecule is CCCCC(C)(N)CS(C)(C)C. The van der Waals surface area contributed by atoms with Gasteiger partial charge in [0, 0.05) is 5.54 Å². The van der Waals surface area contributed by atoms with Crippen LogP contribution in [0.15, 0.2) is 0 Å². The van der Waals surface area contributed by atoms with Crippen molar-refractivity contribution >= 4 is 10.0 Å². The average molecular weight is 191 g/mol. The van der Waals surface area contributed by atoms with Crippen LogP contribution in [-0.2, 0) is 0 Å². The molecule has 2 N–H and O–H groups in total. The van der Waals surface area contributed by atoms with Crippen LogP contribution in [-0.4, -0.2) is 30.1 Å². The van der Waals surface area contributed by atoms with Crippen molar-refractivity contribution in [1.82, 2.24) is 0 Å². The van der Waals surface area contributed by atoms with Crippen molar-refractivity contribution in [2.24, 2.45) is 5.73 Å². The lowest BCUT2D eigenvalue weighted by Crippen LogP contribution is -2.41. The summed E-state index contributed by atoms with van der Waals surface area (Å²) < 4.78 is 0. The summed E-state index contributed by atoms with van der Waals surface area (Å²) in [6, 6.07) is 0. The predicted molar refractivity (Wildman–Crippen MR) is 62.3 cm³/mol. The van der Waals surface area contributed by atoms with Crippen LogP contribution < -0.4 is 5.73 Å². The first-order valence-corrected chi connectivity index (χ1v) is 7.74. The Hall–Kier alpha value is 0.310. The van der Waals surface area contributed by atoms with E-state index in [9.17, 15) is 0 Å². The van der Waals surface area contributed by atoms with E-state index in [1.165, 1.54) is 25.0 Å². The molecule has 0 aliphatic carbocycles. The van der Waals surface area contributed by atoms with Crippen LogP contribution in [0.1, 0.15) is 33.1 Å². The fourth-order valence-corrected chi connectivity index (χ4v) is 3.76. The van der Waals surface area contributed by atoms with E-state index < -0.39 is 10.0 Å². The first-order valence-electron chi connectivity index (χ1n) is 4.72. The fraction of sp³-hybridized carbons (Fsp3) is 1.00. The number of unbranched alkanes of at least 4 members (excludes halogenated alkanes) is 1. The van der Waals surface area contributed by atoms with Gasteiger partial charge in [-0.2, -0.15) is 0 Å². The summed E-state index contributed by atoms with van der Waals surface area (Å²) in [5.41, 5.74) is 6.28. The Balaban J connectivity index is 3.86. The van der Waals surface area contributed by atoms with Crippen molar-refractivity contribution < 1.29 is 0 Å². The number of nitrogens with two attached hydrogens (primary N) is 1. The molecule has 0 rings (SSSR count). The molecule has 0 bridgehead atoms. The van der Waals surface area contributed by atoms with Crippen molar-refractivity contribution in [2.45, 2.75) is 38.6 Å². The Bertz CT molecular complexity index is 124. The van der Waals surface area contributed by atoms with Crippen LogP contribution in [0.3, 0.4) is 0 Å². The molecule has 0 saturated heterocycles. The lowest BCUT2D eigenvalue weighted by molar-refractivity contribution is 0.462.